The summed E-state index contributed by atoms with van der Waals surface area (Å²) in [6.07, 6.45) is -1.18. The molecule has 4 N–H and O–H groups in total. The van der Waals surface area contributed by atoms with Gasteiger partial charge in [0.25, 0.3) is 0 Å². The molecule has 6 nitrogen and oxygen atoms in total. The quantitative estimate of drug-likeness (QED) is 0.597. The molecule has 3 rings (SSSR count). The molecule has 0 heterocycles. The Morgan fingerprint density at radius 1 is 1.03 bits per heavy atom. The zero-order valence-corrected chi connectivity index (χ0v) is 18.1. The van der Waals surface area contributed by atoms with Crippen molar-refractivity contribution in [1.29, 1.82) is 0 Å². The number of nitrogens with one attached hydrogen (secondary N) is 2. The Hall–Kier alpha value is -3.00. The number of alkyl halides is 2. The molecule has 1 fully saturated rings. The highest BCUT2D eigenvalue weighted by Gasteiger charge is 2.45. The minimum atomic E-state index is -2.75. The van der Waals surface area contributed by atoms with E-state index in [0.29, 0.717) is 0 Å². The van der Waals surface area contributed by atoms with Crippen LogP contribution in [0.2, 0.25) is 0 Å². The number of nitrogens with two attached hydrogens (primary N) is 1. The second kappa shape index (κ2) is 10.1. The Bertz CT molecular complexity index is 908. The van der Waals surface area contributed by atoms with Crippen molar-refractivity contribution in [2.24, 2.45) is 5.73 Å². The van der Waals surface area contributed by atoms with Gasteiger partial charge in [0.2, 0.25) is 11.8 Å². The van der Waals surface area contributed by atoms with Crippen LogP contribution in [0.5, 0.6) is 0 Å². The molecule has 0 spiro atoms. The van der Waals surface area contributed by atoms with Crippen LogP contribution in [0, 0.1) is 0 Å². The van der Waals surface area contributed by atoms with E-state index in [2.05, 4.69) is 10.6 Å². The van der Waals surface area contributed by atoms with Gasteiger partial charge in [-0.3, -0.25) is 4.79 Å². The number of hydrogen-bond acceptors (Lipinski definition) is 4. The van der Waals surface area contributed by atoms with Crippen molar-refractivity contribution in [3.63, 3.8) is 0 Å². The second-order valence-corrected chi connectivity index (χ2v) is 8.31. The molecular formula is C24H29F2N3O3. The summed E-state index contributed by atoms with van der Waals surface area (Å²) in [5, 5.41) is 5.30. The first-order valence-corrected chi connectivity index (χ1v) is 10.7. The Morgan fingerprint density at radius 3 is 2.25 bits per heavy atom. The molecule has 172 valence electrons. The maximum Gasteiger partial charge on any atom is 0.407 e. The Kier molecular flexibility index (Phi) is 7.45. The van der Waals surface area contributed by atoms with Gasteiger partial charge in [-0.05, 0) is 36.5 Å². The SMILES string of the molecule is C[C@H](N)c1ccc(C2(NC(=O)CNC(=O)OCc3ccccc3)CCC(F)(F)CC2)cc1. The number of hydrogen-bond donors (Lipinski definition) is 3. The van der Waals surface area contributed by atoms with Crippen molar-refractivity contribution in [3.8, 4) is 0 Å². The van der Waals surface area contributed by atoms with Gasteiger partial charge in [-0.25, -0.2) is 13.6 Å². The molecule has 2 aromatic carbocycles. The van der Waals surface area contributed by atoms with Crippen LogP contribution in [0.25, 0.3) is 0 Å². The molecule has 0 aliphatic heterocycles. The van der Waals surface area contributed by atoms with Crippen molar-refractivity contribution in [2.75, 3.05) is 6.54 Å². The maximum atomic E-state index is 13.8. The van der Waals surface area contributed by atoms with E-state index in [1.165, 1.54) is 0 Å². The summed E-state index contributed by atoms with van der Waals surface area (Å²) in [7, 11) is 0. The zero-order valence-electron chi connectivity index (χ0n) is 18.1. The van der Waals surface area contributed by atoms with Crippen LogP contribution in [0.1, 0.15) is 55.3 Å². The molecule has 0 saturated heterocycles. The molecule has 32 heavy (non-hydrogen) atoms. The first-order valence-electron chi connectivity index (χ1n) is 10.7. The fourth-order valence-electron chi connectivity index (χ4n) is 3.87. The summed E-state index contributed by atoms with van der Waals surface area (Å²) >= 11 is 0. The fraction of sp³-hybridized carbons (Fsp3) is 0.417. The van der Waals surface area contributed by atoms with Crippen molar-refractivity contribution >= 4 is 12.0 Å². The topological polar surface area (TPSA) is 93.5 Å². The largest absolute Gasteiger partial charge is 0.445 e. The summed E-state index contributed by atoms with van der Waals surface area (Å²) in [6.45, 7) is 1.62. The lowest BCUT2D eigenvalue weighted by Crippen LogP contribution is -2.52. The minimum Gasteiger partial charge on any atom is -0.445 e. The van der Waals surface area contributed by atoms with Gasteiger partial charge in [-0.15, -0.1) is 0 Å². The highest BCUT2D eigenvalue weighted by Crippen LogP contribution is 2.44. The molecule has 2 amide bonds. The van der Waals surface area contributed by atoms with E-state index < -0.39 is 23.5 Å². The van der Waals surface area contributed by atoms with Crippen LogP contribution in [-0.2, 0) is 21.7 Å². The summed E-state index contributed by atoms with van der Waals surface area (Å²) in [5.74, 6) is -3.22. The number of benzene rings is 2. The molecule has 0 radical (unpaired) electrons. The molecule has 0 aromatic heterocycles. The van der Waals surface area contributed by atoms with Crippen LogP contribution in [0.4, 0.5) is 13.6 Å². The third-order valence-corrected chi connectivity index (χ3v) is 5.81. The molecule has 8 heteroatoms. The van der Waals surface area contributed by atoms with Gasteiger partial charge in [-0.1, -0.05) is 54.6 Å². The third kappa shape index (κ3) is 6.26. The van der Waals surface area contributed by atoms with Crippen LogP contribution in [0.3, 0.4) is 0 Å². The molecule has 1 atom stereocenters. The number of ether oxygens (including phenoxy) is 1. The number of carbonyl (C=O) groups is 2. The smallest absolute Gasteiger partial charge is 0.407 e. The average molecular weight is 446 g/mol. The molecule has 0 bridgehead atoms. The van der Waals surface area contributed by atoms with E-state index in [1.54, 1.807) is 0 Å². The summed E-state index contributed by atoms with van der Waals surface area (Å²) in [5.41, 5.74) is 7.46. The highest BCUT2D eigenvalue weighted by molar-refractivity contribution is 5.82. The monoisotopic (exact) mass is 445 g/mol. The Labute approximate surface area is 186 Å². The number of amides is 2. The van der Waals surface area contributed by atoms with Crippen LogP contribution in [-0.4, -0.2) is 24.5 Å². The van der Waals surface area contributed by atoms with Gasteiger partial charge >= 0.3 is 6.09 Å². The van der Waals surface area contributed by atoms with E-state index in [0.717, 1.165) is 16.7 Å². The number of rotatable bonds is 7. The molecule has 2 aromatic rings. The lowest BCUT2D eigenvalue weighted by Gasteiger charge is -2.41. The first-order chi connectivity index (χ1) is 15.2. The molecule has 1 saturated carbocycles. The van der Waals surface area contributed by atoms with E-state index in [1.807, 2.05) is 61.5 Å². The molecule has 0 unspecified atom stereocenters. The highest BCUT2D eigenvalue weighted by atomic mass is 19.3. The number of carbonyl (C=O) groups excluding carboxylic acids is 2. The van der Waals surface area contributed by atoms with E-state index in [-0.39, 0.29) is 44.9 Å². The predicted molar refractivity (Wildman–Crippen MR) is 117 cm³/mol. The maximum absolute atomic E-state index is 13.8. The van der Waals surface area contributed by atoms with E-state index >= 15 is 0 Å². The minimum absolute atomic E-state index is 0.0826. The summed E-state index contributed by atoms with van der Waals surface area (Å²) < 4.78 is 32.8. The van der Waals surface area contributed by atoms with Gasteiger partial charge in [0.15, 0.2) is 0 Å². The van der Waals surface area contributed by atoms with Crippen molar-refractivity contribution in [2.45, 2.75) is 56.7 Å². The standard InChI is InChI=1S/C24H29F2N3O3/c1-17(27)19-7-9-20(10-8-19)23(11-13-24(25,26)14-12-23)29-21(30)15-28-22(31)32-16-18-5-3-2-4-6-18/h2-10,17H,11-16,27H2,1H3,(H,28,31)(H,29,30)/t17-/m0/s1. The lowest BCUT2D eigenvalue weighted by atomic mass is 9.75. The predicted octanol–water partition coefficient (Wildman–Crippen LogP) is 4.15. The fourth-order valence-corrected chi connectivity index (χ4v) is 3.87. The van der Waals surface area contributed by atoms with E-state index in [4.69, 9.17) is 10.5 Å². The number of halogens is 2. The first kappa shape index (κ1) is 23.7. The normalized spacial score (nSPS) is 17.8. The van der Waals surface area contributed by atoms with Gasteiger partial charge in [0, 0.05) is 18.9 Å². The lowest BCUT2D eigenvalue weighted by molar-refractivity contribution is -0.124. The van der Waals surface area contributed by atoms with Crippen molar-refractivity contribution in [1.82, 2.24) is 10.6 Å². The zero-order chi connectivity index (χ0) is 23.2. The van der Waals surface area contributed by atoms with Gasteiger partial charge in [-0.2, -0.15) is 0 Å². The summed E-state index contributed by atoms with van der Waals surface area (Å²) in [6, 6.07) is 16.3. The van der Waals surface area contributed by atoms with Gasteiger partial charge < -0.3 is 21.1 Å². The van der Waals surface area contributed by atoms with Crippen LogP contribution >= 0.6 is 0 Å². The van der Waals surface area contributed by atoms with Crippen LogP contribution < -0.4 is 16.4 Å². The molecular weight excluding hydrogens is 416 g/mol. The Balaban J connectivity index is 1.61. The average Bonchev–Trinajstić information content (AvgIpc) is 2.79. The molecule has 1 aliphatic carbocycles. The van der Waals surface area contributed by atoms with E-state index in [9.17, 15) is 18.4 Å². The third-order valence-electron chi connectivity index (χ3n) is 5.81. The van der Waals surface area contributed by atoms with Gasteiger partial charge in [0.05, 0.1) is 5.54 Å². The van der Waals surface area contributed by atoms with Crippen LogP contribution in [0.15, 0.2) is 54.6 Å². The van der Waals surface area contributed by atoms with Crippen molar-refractivity contribution in [3.05, 3.63) is 71.3 Å². The number of alkyl carbamates (subject to hydrolysis) is 1. The second-order valence-electron chi connectivity index (χ2n) is 8.31. The van der Waals surface area contributed by atoms with Gasteiger partial charge in [0.1, 0.15) is 13.2 Å². The summed E-state index contributed by atoms with van der Waals surface area (Å²) in [4.78, 5) is 24.5. The van der Waals surface area contributed by atoms with Crippen molar-refractivity contribution < 1.29 is 23.1 Å². The molecule has 1 aliphatic rings. The Morgan fingerprint density at radius 2 is 1.66 bits per heavy atom.